The first kappa shape index (κ1) is 13.7. The van der Waals surface area contributed by atoms with Gasteiger partial charge in [-0.3, -0.25) is 9.69 Å². The van der Waals surface area contributed by atoms with Crippen LogP contribution >= 0.6 is 12.4 Å². The van der Waals surface area contributed by atoms with Crippen LogP contribution in [0.3, 0.4) is 0 Å². The highest BCUT2D eigenvalue weighted by Gasteiger charge is 2.51. The lowest BCUT2D eigenvalue weighted by atomic mass is 9.70. The number of carbonyl (C=O) groups is 1. The largest absolute Gasteiger partial charge is 0.481 e. The summed E-state index contributed by atoms with van der Waals surface area (Å²) in [6.07, 6.45) is 1.54. The van der Waals surface area contributed by atoms with Crippen LogP contribution in [0.4, 0.5) is 0 Å². The van der Waals surface area contributed by atoms with Gasteiger partial charge in [-0.1, -0.05) is 0 Å². The Kier molecular flexibility index (Phi) is 3.87. The van der Waals surface area contributed by atoms with Crippen LogP contribution < -0.4 is 0 Å². The molecule has 3 aliphatic rings. The number of halogens is 1. The van der Waals surface area contributed by atoms with Gasteiger partial charge < -0.3 is 10.2 Å². The van der Waals surface area contributed by atoms with Gasteiger partial charge in [-0.25, -0.2) is 0 Å². The summed E-state index contributed by atoms with van der Waals surface area (Å²) in [5.41, 5.74) is -0.863. The van der Waals surface area contributed by atoms with E-state index in [1.807, 2.05) is 0 Å². The molecule has 2 bridgehead atoms. The first-order chi connectivity index (χ1) is 6.94. The number of aliphatic hydroxyl groups excluding tert-OH is 1. The van der Waals surface area contributed by atoms with Crippen molar-refractivity contribution in [2.45, 2.75) is 38.8 Å². The molecule has 0 aromatic rings. The number of rotatable bonds is 2. The van der Waals surface area contributed by atoms with Crippen LogP contribution in [-0.2, 0) is 4.79 Å². The smallest absolute Gasteiger partial charge is 0.310 e. The molecule has 0 aromatic carbocycles. The lowest BCUT2D eigenvalue weighted by Gasteiger charge is -2.53. The Morgan fingerprint density at radius 1 is 1.31 bits per heavy atom. The molecule has 2 unspecified atom stereocenters. The molecule has 5 heteroatoms. The Balaban J connectivity index is 0.00000128. The molecule has 0 aliphatic carbocycles. The summed E-state index contributed by atoms with van der Waals surface area (Å²) >= 11 is 0. The molecule has 3 aliphatic heterocycles. The van der Waals surface area contributed by atoms with Crippen molar-refractivity contribution in [1.29, 1.82) is 0 Å². The highest BCUT2D eigenvalue weighted by Crippen LogP contribution is 2.40. The van der Waals surface area contributed by atoms with Crippen LogP contribution in [0.25, 0.3) is 0 Å². The van der Waals surface area contributed by atoms with Crippen molar-refractivity contribution >= 4 is 18.4 Å². The Hall–Kier alpha value is -0.320. The zero-order valence-electron chi connectivity index (χ0n) is 9.72. The van der Waals surface area contributed by atoms with Crippen LogP contribution in [0.5, 0.6) is 0 Å². The van der Waals surface area contributed by atoms with Crippen LogP contribution in [0.1, 0.15) is 26.7 Å². The molecule has 3 rings (SSSR count). The Labute approximate surface area is 102 Å². The van der Waals surface area contributed by atoms with Crippen LogP contribution in [0, 0.1) is 11.3 Å². The number of carboxylic acids is 1. The molecule has 3 saturated heterocycles. The van der Waals surface area contributed by atoms with Gasteiger partial charge in [0.25, 0.3) is 0 Å². The topological polar surface area (TPSA) is 60.8 Å². The quantitative estimate of drug-likeness (QED) is 0.766. The van der Waals surface area contributed by atoms with Crippen LogP contribution in [-0.4, -0.2) is 46.3 Å². The molecule has 3 heterocycles. The van der Waals surface area contributed by atoms with E-state index in [9.17, 15) is 15.0 Å². The number of piperidine rings is 3. The van der Waals surface area contributed by atoms with E-state index in [0.29, 0.717) is 5.92 Å². The molecule has 2 N–H and O–H groups in total. The van der Waals surface area contributed by atoms with Crippen molar-refractivity contribution in [3.05, 3.63) is 0 Å². The maximum absolute atomic E-state index is 11.2. The minimum atomic E-state index is -0.863. The normalized spacial score (nSPS) is 37.9. The Morgan fingerprint density at radius 2 is 1.81 bits per heavy atom. The van der Waals surface area contributed by atoms with E-state index in [1.54, 1.807) is 13.8 Å². The minimum Gasteiger partial charge on any atom is -0.481 e. The van der Waals surface area contributed by atoms with E-state index in [2.05, 4.69) is 4.90 Å². The average molecular weight is 250 g/mol. The third-order valence-electron chi connectivity index (χ3n) is 4.06. The number of nitrogens with zero attached hydrogens (tertiary/aromatic N) is 1. The van der Waals surface area contributed by atoms with E-state index in [0.717, 1.165) is 25.9 Å². The zero-order valence-corrected chi connectivity index (χ0v) is 10.5. The van der Waals surface area contributed by atoms with Crippen molar-refractivity contribution in [3.8, 4) is 0 Å². The predicted octanol–water partition coefficient (Wildman–Crippen LogP) is 0.974. The maximum Gasteiger partial charge on any atom is 0.310 e. The minimum absolute atomic E-state index is 0. The number of carboxylic acid groups (broad SMARTS) is 1. The van der Waals surface area contributed by atoms with E-state index in [1.165, 1.54) is 0 Å². The molecule has 16 heavy (non-hydrogen) atoms. The summed E-state index contributed by atoms with van der Waals surface area (Å²) in [4.78, 5) is 13.3. The molecule has 0 saturated carbocycles. The molecule has 2 atom stereocenters. The van der Waals surface area contributed by atoms with Gasteiger partial charge in [0.15, 0.2) is 0 Å². The molecule has 0 aromatic heterocycles. The fourth-order valence-corrected chi connectivity index (χ4v) is 3.02. The van der Waals surface area contributed by atoms with Gasteiger partial charge >= 0.3 is 5.97 Å². The second kappa shape index (κ2) is 4.51. The maximum atomic E-state index is 11.2. The molecule has 3 fully saturated rings. The van der Waals surface area contributed by atoms with Crippen molar-refractivity contribution in [3.63, 3.8) is 0 Å². The van der Waals surface area contributed by atoms with Gasteiger partial charge in [-0.2, -0.15) is 0 Å². The second-order valence-electron chi connectivity index (χ2n) is 5.34. The van der Waals surface area contributed by atoms with Crippen molar-refractivity contribution in [2.24, 2.45) is 11.3 Å². The highest BCUT2D eigenvalue weighted by molar-refractivity contribution is 5.85. The summed E-state index contributed by atoms with van der Waals surface area (Å²) in [5, 5.41) is 19.3. The molecule has 0 spiro atoms. The number of aliphatic carboxylic acids is 1. The van der Waals surface area contributed by atoms with Crippen molar-refractivity contribution in [2.75, 3.05) is 13.1 Å². The van der Waals surface area contributed by atoms with Gasteiger partial charge in [0.05, 0.1) is 17.6 Å². The number of fused-ring (bicyclic) bond motifs is 3. The summed E-state index contributed by atoms with van der Waals surface area (Å²) in [5.74, 6) is -0.516. The third-order valence-corrected chi connectivity index (χ3v) is 4.06. The predicted molar refractivity (Wildman–Crippen MR) is 62.8 cm³/mol. The first-order valence-corrected chi connectivity index (χ1v) is 5.60. The van der Waals surface area contributed by atoms with Gasteiger partial charge in [-0.05, 0) is 45.7 Å². The summed E-state index contributed by atoms with van der Waals surface area (Å²) in [7, 11) is 0. The zero-order chi connectivity index (χ0) is 11.2. The van der Waals surface area contributed by atoms with Gasteiger partial charge in [0.2, 0.25) is 0 Å². The molecule has 4 nitrogen and oxygen atoms in total. The monoisotopic (exact) mass is 249 g/mol. The van der Waals surface area contributed by atoms with E-state index in [-0.39, 0.29) is 18.4 Å². The lowest BCUT2D eigenvalue weighted by molar-refractivity contribution is -0.165. The fourth-order valence-electron chi connectivity index (χ4n) is 3.02. The fraction of sp³-hybridized carbons (Fsp3) is 0.909. The number of hydrogen-bond acceptors (Lipinski definition) is 3. The van der Waals surface area contributed by atoms with Gasteiger partial charge in [0.1, 0.15) is 0 Å². The summed E-state index contributed by atoms with van der Waals surface area (Å²) in [6, 6.07) is -0.220. The van der Waals surface area contributed by atoms with E-state index >= 15 is 0 Å². The third kappa shape index (κ3) is 1.94. The Morgan fingerprint density at radius 3 is 2.19 bits per heavy atom. The summed E-state index contributed by atoms with van der Waals surface area (Å²) in [6.45, 7) is 5.29. The Bertz CT molecular complexity index is 272. The molecular formula is C11H20ClNO3. The number of hydrogen-bond donors (Lipinski definition) is 2. The molecule has 94 valence electrons. The summed E-state index contributed by atoms with van der Waals surface area (Å²) < 4.78 is 0. The second-order valence-corrected chi connectivity index (χ2v) is 5.34. The standard InChI is InChI=1S/C11H19NO3.ClH/c1-11(2,10(14)15)9-8(13)7-3-5-12(9)6-4-7;/h7-9,13H,3-6H2,1-2H3,(H,14,15);1H. The lowest BCUT2D eigenvalue weighted by Crippen LogP contribution is -2.64. The van der Waals surface area contributed by atoms with Crippen molar-refractivity contribution < 1.29 is 15.0 Å². The first-order valence-electron chi connectivity index (χ1n) is 5.60. The highest BCUT2D eigenvalue weighted by atomic mass is 35.5. The van der Waals surface area contributed by atoms with Gasteiger partial charge in [0, 0.05) is 0 Å². The molecule has 0 radical (unpaired) electrons. The number of aliphatic hydroxyl groups is 1. The molecular weight excluding hydrogens is 230 g/mol. The average Bonchev–Trinajstić information content (AvgIpc) is 2.18. The molecule has 0 amide bonds. The van der Waals surface area contributed by atoms with E-state index in [4.69, 9.17) is 0 Å². The SMILES string of the molecule is CC(C)(C(=O)O)C1C(O)C2CCN1CC2.Cl. The van der Waals surface area contributed by atoms with E-state index < -0.39 is 17.5 Å². The van der Waals surface area contributed by atoms with Crippen molar-refractivity contribution in [1.82, 2.24) is 4.90 Å². The van der Waals surface area contributed by atoms with Gasteiger partial charge in [-0.15, -0.1) is 12.4 Å². The van der Waals surface area contributed by atoms with Crippen LogP contribution in [0.15, 0.2) is 0 Å². The van der Waals surface area contributed by atoms with Crippen LogP contribution in [0.2, 0.25) is 0 Å².